The van der Waals surface area contributed by atoms with Gasteiger partial charge in [-0.3, -0.25) is 4.98 Å². The highest BCUT2D eigenvalue weighted by Gasteiger charge is 2.31. The first kappa shape index (κ1) is 15.5. The van der Waals surface area contributed by atoms with Gasteiger partial charge >= 0.3 is 0 Å². The zero-order valence-electron chi connectivity index (χ0n) is 13.6. The molecule has 0 atom stereocenters. The number of aromatic nitrogens is 1. The normalized spacial score (nSPS) is 23.8. The topological polar surface area (TPSA) is 24.9 Å². The van der Waals surface area contributed by atoms with Crippen molar-refractivity contribution in [3.05, 3.63) is 29.6 Å². The number of aryl methyl sites for hydroxylation is 1. The van der Waals surface area contributed by atoms with Gasteiger partial charge < -0.3 is 5.32 Å². The van der Waals surface area contributed by atoms with Crippen LogP contribution in [0, 0.1) is 18.3 Å². The fraction of sp³-hybridized carbons (Fsp3) is 0.722. The molecule has 0 spiro atoms. The maximum atomic E-state index is 4.22. The van der Waals surface area contributed by atoms with Gasteiger partial charge in [-0.1, -0.05) is 27.2 Å². The van der Waals surface area contributed by atoms with Crippen LogP contribution in [0.5, 0.6) is 0 Å². The lowest BCUT2D eigenvalue weighted by molar-refractivity contribution is 0.137. The Morgan fingerprint density at radius 1 is 1.25 bits per heavy atom. The molecular weight excluding hydrogens is 244 g/mol. The van der Waals surface area contributed by atoms with E-state index in [0.717, 1.165) is 12.5 Å². The second-order valence-corrected chi connectivity index (χ2v) is 7.07. The first-order valence-electron chi connectivity index (χ1n) is 8.16. The fourth-order valence-electron chi connectivity index (χ4n) is 3.30. The highest BCUT2D eigenvalue weighted by molar-refractivity contribution is 5.21. The molecule has 2 nitrogen and oxygen atoms in total. The van der Waals surface area contributed by atoms with Gasteiger partial charge in [0.05, 0.1) is 0 Å². The van der Waals surface area contributed by atoms with Crippen molar-refractivity contribution in [3.8, 4) is 0 Å². The Bertz CT molecular complexity index is 417. The SMILES string of the molecule is CCC(C)(C)C1CCC(NCc2cnccc2C)CC1. The minimum Gasteiger partial charge on any atom is -0.310 e. The summed E-state index contributed by atoms with van der Waals surface area (Å²) in [5, 5.41) is 3.73. The first-order valence-corrected chi connectivity index (χ1v) is 8.16. The number of nitrogens with one attached hydrogen (secondary N) is 1. The largest absolute Gasteiger partial charge is 0.310 e. The number of rotatable bonds is 5. The van der Waals surface area contributed by atoms with E-state index < -0.39 is 0 Å². The maximum absolute atomic E-state index is 4.22. The number of nitrogens with zero attached hydrogens (tertiary/aromatic N) is 1. The van der Waals surface area contributed by atoms with Crippen LogP contribution in [0.4, 0.5) is 0 Å². The lowest BCUT2D eigenvalue weighted by Gasteiger charge is -2.39. The monoisotopic (exact) mass is 274 g/mol. The zero-order chi connectivity index (χ0) is 14.6. The molecule has 1 saturated carbocycles. The van der Waals surface area contributed by atoms with Gasteiger partial charge in [-0.2, -0.15) is 0 Å². The standard InChI is InChI=1S/C18H30N2/c1-5-18(3,4)16-6-8-17(9-7-16)20-13-15-12-19-11-10-14(15)2/h10-12,16-17,20H,5-9,13H2,1-4H3. The fourth-order valence-corrected chi connectivity index (χ4v) is 3.30. The van der Waals surface area contributed by atoms with Crippen molar-refractivity contribution in [1.82, 2.24) is 10.3 Å². The van der Waals surface area contributed by atoms with Crippen molar-refractivity contribution in [2.75, 3.05) is 0 Å². The molecule has 1 aromatic heterocycles. The molecule has 1 N–H and O–H groups in total. The van der Waals surface area contributed by atoms with Gasteiger partial charge in [0.2, 0.25) is 0 Å². The molecular formula is C18H30N2. The molecule has 0 unspecified atom stereocenters. The second kappa shape index (κ2) is 6.71. The summed E-state index contributed by atoms with van der Waals surface area (Å²) in [5.74, 6) is 0.908. The van der Waals surface area contributed by atoms with Gasteiger partial charge in [0.25, 0.3) is 0 Å². The highest BCUT2D eigenvalue weighted by atomic mass is 14.9. The molecule has 1 fully saturated rings. The van der Waals surface area contributed by atoms with Crippen LogP contribution in [-0.2, 0) is 6.54 Å². The van der Waals surface area contributed by atoms with E-state index in [-0.39, 0.29) is 0 Å². The molecule has 0 bridgehead atoms. The van der Waals surface area contributed by atoms with Crippen LogP contribution in [0.3, 0.4) is 0 Å². The van der Waals surface area contributed by atoms with E-state index in [1.807, 2.05) is 12.4 Å². The van der Waals surface area contributed by atoms with Crippen molar-refractivity contribution in [2.45, 2.75) is 72.4 Å². The Kier molecular flexibility index (Phi) is 5.20. The summed E-state index contributed by atoms with van der Waals surface area (Å²) in [4.78, 5) is 4.22. The van der Waals surface area contributed by atoms with Gasteiger partial charge in [0.1, 0.15) is 0 Å². The summed E-state index contributed by atoms with van der Waals surface area (Å²) < 4.78 is 0. The Labute approximate surface area is 124 Å². The lowest BCUT2D eigenvalue weighted by Crippen LogP contribution is -2.36. The van der Waals surface area contributed by atoms with E-state index in [4.69, 9.17) is 0 Å². The van der Waals surface area contributed by atoms with E-state index in [2.05, 4.69) is 44.1 Å². The van der Waals surface area contributed by atoms with Crippen LogP contribution in [0.25, 0.3) is 0 Å². The molecule has 1 aliphatic carbocycles. The average molecular weight is 274 g/mol. The summed E-state index contributed by atoms with van der Waals surface area (Å²) in [6.07, 6.45) is 10.6. The third kappa shape index (κ3) is 3.82. The van der Waals surface area contributed by atoms with Gasteiger partial charge in [0.15, 0.2) is 0 Å². The van der Waals surface area contributed by atoms with E-state index in [1.54, 1.807) is 0 Å². The summed E-state index contributed by atoms with van der Waals surface area (Å²) in [6.45, 7) is 10.3. The summed E-state index contributed by atoms with van der Waals surface area (Å²) in [7, 11) is 0. The third-order valence-electron chi connectivity index (χ3n) is 5.47. The van der Waals surface area contributed by atoms with Crippen molar-refractivity contribution < 1.29 is 0 Å². The van der Waals surface area contributed by atoms with Crippen molar-refractivity contribution in [1.29, 1.82) is 0 Å². The molecule has 1 aliphatic rings. The van der Waals surface area contributed by atoms with Crippen LogP contribution in [-0.4, -0.2) is 11.0 Å². The molecule has 0 aromatic carbocycles. The summed E-state index contributed by atoms with van der Waals surface area (Å²) in [6, 6.07) is 2.79. The Balaban J connectivity index is 1.79. The van der Waals surface area contributed by atoms with Gasteiger partial charge in [-0.15, -0.1) is 0 Å². The molecule has 1 aromatic rings. The molecule has 0 saturated heterocycles. The molecule has 2 heteroatoms. The van der Waals surface area contributed by atoms with Crippen molar-refractivity contribution >= 4 is 0 Å². The van der Waals surface area contributed by atoms with Crippen LogP contribution < -0.4 is 5.32 Å². The molecule has 112 valence electrons. The third-order valence-corrected chi connectivity index (χ3v) is 5.47. The predicted molar refractivity (Wildman–Crippen MR) is 85.6 cm³/mol. The van der Waals surface area contributed by atoms with Crippen LogP contribution >= 0.6 is 0 Å². The van der Waals surface area contributed by atoms with Crippen LogP contribution in [0.2, 0.25) is 0 Å². The second-order valence-electron chi connectivity index (χ2n) is 7.07. The maximum Gasteiger partial charge on any atom is 0.0315 e. The molecule has 2 rings (SSSR count). The molecule has 0 radical (unpaired) electrons. The Hall–Kier alpha value is -0.890. The van der Waals surface area contributed by atoms with Crippen LogP contribution in [0.15, 0.2) is 18.5 Å². The minimum atomic E-state index is 0.519. The highest BCUT2D eigenvalue weighted by Crippen LogP contribution is 2.40. The van der Waals surface area contributed by atoms with Crippen molar-refractivity contribution in [2.24, 2.45) is 11.3 Å². The van der Waals surface area contributed by atoms with Gasteiger partial charge in [-0.25, -0.2) is 0 Å². The van der Waals surface area contributed by atoms with E-state index in [1.165, 1.54) is 43.2 Å². The summed E-state index contributed by atoms with van der Waals surface area (Å²) >= 11 is 0. The van der Waals surface area contributed by atoms with Crippen molar-refractivity contribution in [3.63, 3.8) is 0 Å². The quantitative estimate of drug-likeness (QED) is 0.856. The number of pyridine rings is 1. The van der Waals surface area contributed by atoms with E-state index in [0.29, 0.717) is 11.5 Å². The summed E-state index contributed by atoms with van der Waals surface area (Å²) in [5.41, 5.74) is 3.20. The van der Waals surface area contributed by atoms with Crippen LogP contribution in [0.1, 0.15) is 64.0 Å². The Morgan fingerprint density at radius 2 is 1.95 bits per heavy atom. The zero-order valence-corrected chi connectivity index (χ0v) is 13.6. The predicted octanol–water partition coefficient (Wildman–Crippen LogP) is 4.47. The minimum absolute atomic E-state index is 0.519. The molecule has 20 heavy (non-hydrogen) atoms. The molecule has 0 amide bonds. The van der Waals surface area contributed by atoms with Gasteiger partial charge in [-0.05, 0) is 61.1 Å². The Morgan fingerprint density at radius 3 is 2.55 bits per heavy atom. The average Bonchev–Trinajstić information content (AvgIpc) is 2.47. The molecule has 0 aliphatic heterocycles. The molecule has 1 heterocycles. The van der Waals surface area contributed by atoms with Gasteiger partial charge in [0, 0.05) is 25.0 Å². The van der Waals surface area contributed by atoms with E-state index >= 15 is 0 Å². The number of hydrogen-bond acceptors (Lipinski definition) is 2. The van der Waals surface area contributed by atoms with E-state index in [9.17, 15) is 0 Å². The first-order chi connectivity index (χ1) is 9.53. The number of hydrogen-bond donors (Lipinski definition) is 1. The lowest BCUT2D eigenvalue weighted by atomic mass is 9.69. The smallest absolute Gasteiger partial charge is 0.0315 e.